The first-order valence-electron chi connectivity index (χ1n) is 11.6. The van der Waals surface area contributed by atoms with Gasteiger partial charge in [0.1, 0.15) is 11.4 Å². The van der Waals surface area contributed by atoms with Gasteiger partial charge >= 0.3 is 0 Å². The number of nitrogens with zero attached hydrogens (tertiary/aromatic N) is 2. The molecule has 0 spiro atoms. The van der Waals surface area contributed by atoms with Gasteiger partial charge in [0, 0.05) is 20.0 Å². The van der Waals surface area contributed by atoms with E-state index in [9.17, 15) is 4.79 Å². The number of amides is 1. The van der Waals surface area contributed by atoms with E-state index in [4.69, 9.17) is 9.73 Å². The average Bonchev–Trinajstić information content (AvgIpc) is 3.11. The molecule has 4 rings (SSSR count). The highest BCUT2D eigenvalue weighted by atomic mass is 16.5. The van der Waals surface area contributed by atoms with Crippen LogP contribution < -0.4 is 0 Å². The molecule has 170 valence electrons. The van der Waals surface area contributed by atoms with Crippen LogP contribution in [0.5, 0.6) is 0 Å². The van der Waals surface area contributed by atoms with Crippen LogP contribution in [0.2, 0.25) is 0 Å². The predicted octanol–water partition coefficient (Wildman–Crippen LogP) is 5.50. The number of ether oxygens (including phenoxy) is 1. The molecule has 33 heavy (non-hydrogen) atoms. The minimum atomic E-state index is -0.841. The van der Waals surface area contributed by atoms with E-state index < -0.39 is 5.54 Å². The Balaban J connectivity index is 1.81. The van der Waals surface area contributed by atoms with E-state index in [2.05, 4.69) is 50.2 Å². The molecule has 2 atom stereocenters. The highest BCUT2D eigenvalue weighted by Gasteiger charge is 2.52. The van der Waals surface area contributed by atoms with Gasteiger partial charge in [-0.3, -0.25) is 14.7 Å². The Hall–Kier alpha value is -3.24. The third kappa shape index (κ3) is 4.76. The lowest BCUT2D eigenvalue weighted by Gasteiger charge is -2.34. The van der Waals surface area contributed by atoms with Gasteiger partial charge < -0.3 is 4.74 Å². The summed E-state index contributed by atoms with van der Waals surface area (Å²) in [5.41, 5.74) is 2.46. The van der Waals surface area contributed by atoms with Crippen LogP contribution in [-0.4, -0.2) is 35.9 Å². The lowest BCUT2D eigenvalue weighted by Crippen LogP contribution is -2.49. The van der Waals surface area contributed by atoms with Gasteiger partial charge in [-0.15, -0.1) is 0 Å². The van der Waals surface area contributed by atoms with E-state index in [1.165, 1.54) is 0 Å². The SMILES string of the molecule is COCC(c1ccccc1)N1C(=O)C(Cc2ccccc2)(C(C)C)N=C1Cc1ccccc1. The Kier molecular flexibility index (Phi) is 7.05. The monoisotopic (exact) mass is 440 g/mol. The number of benzene rings is 3. The summed E-state index contributed by atoms with van der Waals surface area (Å²) in [6.07, 6.45) is 1.18. The first-order valence-corrected chi connectivity index (χ1v) is 11.6. The van der Waals surface area contributed by atoms with Crippen LogP contribution in [0.4, 0.5) is 0 Å². The smallest absolute Gasteiger partial charge is 0.257 e. The van der Waals surface area contributed by atoms with Crippen molar-refractivity contribution < 1.29 is 9.53 Å². The number of amidine groups is 1. The Morgan fingerprint density at radius 3 is 1.94 bits per heavy atom. The van der Waals surface area contributed by atoms with Gasteiger partial charge in [0.2, 0.25) is 0 Å². The number of carbonyl (C=O) groups excluding carboxylic acids is 1. The van der Waals surface area contributed by atoms with E-state index in [1.54, 1.807) is 7.11 Å². The van der Waals surface area contributed by atoms with E-state index in [1.807, 2.05) is 59.5 Å². The number of aliphatic imine (C=N–C) groups is 1. The van der Waals surface area contributed by atoms with Crippen molar-refractivity contribution in [2.45, 2.75) is 38.3 Å². The zero-order chi connectivity index (χ0) is 23.3. The fourth-order valence-electron chi connectivity index (χ4n) is 4.64. The van der Waals surface area contributed by atoms with E-state index in [0.717, 1.165) is 22.5 Å². The molecule has 1 aliphatic heterocycles. The summed E-state index contributed by atoms with van der Waals surface area (Å²) in [4.78, 5) is 21.5. The summed E-state index contributed by atoms with van der Waals surface area (Å²) < 4.78 is 5.62. The Bertz CT molecular complexity index is 1080. The molecule has 4 heteroatoms. The van der Waals surface area contributed by atoms with Crippen molar-refractivity contribution in [3.63, 3.8) is 0 Å². The van der Waals surface area contributed by atoms with Crippen LogP contribution in [0.15, 0.2) is 96.0 Å². The molecule has 0 aromatic heterocycles. The van der Waals surface area contributed by atoms with Gasteiger partial charge in [-0.1, -0.05) is 105 Å². The Morgan fingerprint density at radius 1 is 0.848 bits per heavy atom. The minimum Gasteiger partial charge on any atom is -0.382 e. The summed E-state index contributed by atoms with van der Waals surface area (Å²) in [6, 6.07) is 30.3. The molecule has 0 saturated heterocycles. The minimum absolute atomic E-state index is 0.0416. The summed E-state index contributed by atoms with van der Waals surface area (Å²) >= 11 is 0. The third-order valence-electron chi connectivity index (χ3n) is 6.49. The largest absolute Gasteiger partial charge is 0.382 e. The van der Waals surface area contributed by atoms with Crippen LogP contribution in [0.25, 0.3) is 0 Å². The van der Waals surface area contributed by atoms with E-state index in [-0.39, 0.29) is 17.9 Å². The number of carbonyl (C=O) groups is 1. The molecule has 4 nitrogen and oxygen atoms in total. The second kappa shape index (κ2) is 10.1. The molecular formula is C29H32N2O2. The highest BCUT2D eigenvalue weighted by Crippen LogP contribution is 2.39. The molecule has 3 aromatic rings. The second-order valence-electron chi connectivity index (χ2n) is 8.99. The summed E-state index contributed by atoms with van der Waals surface area (Å²) in [6.45, 7) is 4.60. The van der Waals surface area contributed by atoms with Gasteiger partial charge in [0.15, 0.2) is 0 Å². The molecule has 1 heterocycles. The topological polar surface area (TPSA) is 41.9 Å². The van der Waals surface area contributed by atoms with Gasteiger partial charge in [0.05, 0.1) is 12.6 Å². The maximum absolute atomic E-state index is 14.3. The fraction of sp³-hybridized carbons (Fsp3) is 0.310. The molecule has 0 fully saturated rings. The molecule has 0 bridgehead atoms. The van der Waals surface area contributed by atoms with E-state index >= 15 is 0 Å². The summed E-state index contributed by atoms with van der Waals surface area (Å²) in [7, 11) is 1.68. The molecule has 1 amide bonds. The third-order valence-corrected chi connectivity index (χ3v) is 6.49. The van der Waals surface area contributed by atoms with Crippen molar-refractivity contribution in [3.8, 4) is 0 Å². The van der Waals surface area contributed by atoms with Crippen LogP contribution in [0, 0.1) is 5.92 Å². The normalized spacial score (nSPS) is 19.1. The van der Waals surface area contributed by atoms with Gasteiger partial charge in [-0.25, -0.2) is 0 Å². The van der Waals surface area contributed by atoms with Gasteiger partial charge in [-0.2, -0.15) is 0 Å². The lowest BCUT2D eigenvalue weighted by molar-refractivity contribution is -0.135. The van der Waals surface area contributed by atoms with Crippen LogP contribution >= 0.6 is 0 Å². The van der Waals surface area contributed by atoms with Crippen molar-refractivity contribution in [3.05, 3.63) is 108 Å². The second-order valence-corrected chi connectivity index (χ2v) is 8.99. The maximum Gasteiger partial charge on any atom is 0.257 e. The summed E-state index contributed by atoms with van der Waals surface area (Å²) in [5, 5.41) is 0. The van der Waals surface area contributed by atoms with Crippen molar-refractivity contribution in [1.29, 1.82) is 0 Å². The predicted molar refractivity (Wildman–Crippen MR) is 133 cm³/mol. The van der Waals surface area contributed by atoms with Crippen molar-refractivity contribution in [2.24, 2.45) is 10.9 Å². The zero-order valence-corrected chi connectivity index (χ0v) is 19.6. The molecule has 2 unspecified atom stereocenters. The van der Waals surface area contributed by atoms with Gasteiger partial charge in [0.25, 0.3) is 5.91 Å². The Labute approximate surface area is 196 Å². The lowest BCUT2D eigenvalue weighted by atomic mass is 9.80. The average molecular weight is 441 g/mol. The fourth-order valence-corrected chi connectivity index (χ4v) is 4.64. The Morgan fingerprint density at radius 2 is 1.39 bits per heavy atom. The molecular weight excluding hydrogens is 408 g/mol. The van der Waals surface area contributed by atoms with Crippen LogP contribution in [0.1, 0.15) is 36.6 Å². The number of hydrogen-bond donors (Lipinski definition) is 0. The van der Waals surface area contributed by atoms with Crippen molar-refractivity contribution in [1.82, 2.24) is 4.90 Å². The maximum atomic E-state index is 14.3. The molecule has 0 radical (unpaired) electrons. The molecule has 0 saturated carbocycles. The zero-order valence-electron chi connectivity index (χ0n) is 19.6. The standard InChI is InChI=1S/C29H32N2O2/c1-22(2)29(20-24-15-9-5-10-16-24)28(32)31(26(21-33-3)25-17-11-6-12-18-25)27(30-29)19-23-13-7-4-8-14-23/h4-18,22,26H,19-21H2,1-3H3. The van der Waals surface area contributed by atoms with Crippen LogP contribution in [-0.2, 0) is 22.4 Å². The van der Waals surface area contributed by atoms with E-state index in [0.29, 0.717) is 19.4 Å². The summed E-state index contributed by atoms with van der Waals surface area (Å²) in [5.74, 6) is 0.903. The van der Waals surface area contributed by atoms with Crippen LogP contribution in [0.3, 0.4) is 0 Å². The number of methoxy groups -OCH3 is 1. The van der Waals surface area contributed by atoms with Crippen molar-refractivity contribution >= 4 is 11.7 Å². The molecule has 1 aliphatic rings. The molecule has 3 aromatic carbocycles. The first kappa shape index (κ1) is 22.9. The quantitative estimate of drug-likeness (QED) is 0.441. The first-order chi connectivity index (χ1) is 16.0. The number of rotatable bonds is 9. The number of hydrogen-bond acceptors (Lipinski definition) is 3. The van der Waals surface area contributed by atoms with Gasteiger partial charge in [-0.05, 0) is 22.6 Å². The highest BCUT2D eigenvalue weighted by molar-refractivity contribution is 6.09. The molecule has 0 aliphatic carbocycles. The van der Waals surface area contributed by atoms with Crippen molar-refractivity contribution in [2.75, 3.05) is 13.7 Å². The molecule has 0 N–H and O–H groups in total.